The first-order valence-corrected chi connectivity index (χ1v) is 11.8. The zero-order valence-electron chi connectivity index (χ0n) is 20.2. The van der Waals surface area contributed by atoms with Crippen molar-refractivity contribution >= 4 is 27.1 Å². The van der Waals surface area contributed by atoms with Crippen molar-refractivity contribution in [2.75, 3.05) is 7.11 Å². The van der Waals surface area contributed by atoms with Gasteiger partial charge in [-0.15, -0.1) is 12.0 Å². The molecule has 0 atom stereocenters. The van der Waals surface area contributed by atoms with Gasteiger partial charge in [-0.1, -0.05) is 31.5 Å². The molecule has 2 aromatic heterocycles. The molecule has 0 aliphatic rings. The van der Waals surface area contributed by atoms with Crippen LogP contribution < -0.4 is 108 Å². The predicted molar refractivity (Wildman–Crippen MR) is 114 cm³/mol. The van der Waals surface area contributed by atoms with Crippen LogP contribution in [-0.4, -0.2) is 49.3 Å². The first-order valence-electron chi connectivity index (χ1n) is 8.29. The third-order valence-corrected chi connectivity index (χ3v) is 3.48. The van der Waals surface area contributed by atoms with Crippen molar-refractivity contribution in [3.63, 3.8) is 0 Å². The van der Waals surface area contributed by atoms with E-state index in [2.05, 4.69) is 51.9 Å². The molecule has 0 unspecified atom stereocenters. The quantitative estimate of drug-likeness (QED) is 0.144. The molecular weight excluding hydrogens is 483 g/mol. The summed E-state index contributed by atoms with van der Waals surface area (Å²) in [5.74, 6) is 5.47. The summed E-state index contributed by atoms with van der Waals surface area (Å²) in [6.45, 7) is 6.38. The standard InChI is InChI=1S/C11H13NOSi.C8H5NO.CH2O3.CH4O.2K.H/c1-14(2,3)7-6-10-4-5-11(9-13)12-8-10;1-2-7-3-4-8(6-10)9-5-7;2-1-4-3;1-2;;;/h4-5,8-9H,1-3H3;1,3-6H;1,3H;2H,1H3;;;/q;;;;2*+1;-1/p-1. The second-order valence-electron chi connectivity index (χ2n) is 6.02. The molecule has 160 valence electrons. The molecule has 0 amide bonds. The molecule has 2 rings (SSSR count). The zero-order valence-corrected chi connectivity index (χ0v) is 26.4. The van der Waals surface area contributed by atoms with Crippen molar-refractivity contribution in [3.8, 4) is 23.8 Å². The summed E-state index contributed by atoms with van der Waals surface area (Å²) in [7, 11) is -0.320. The molecule has 0 aliphatic carbocycles. The van der Waals surface area contributed by atoms with Crippen molar-refractivity contribution in [3.05, 3.63) is 59.2 Å². The van der Waals surface area contributed by atoms with Crippen LogP contribution in [0.15, 0.2) is 36.7 Å². The summed E-state index contributed by atoms with van der Waals surface area (Å²) >= 11 is 0. The van der Waals surface area contributed by atoms with E-state index in [1.165, 1.54) is 6.20 Å². The Labute approximate surface area is 276 Å². The third kappa shape index (κ3) is 22.8. The van der Waals surface area contributed by atoms with Gasteiger partial charge in [-0.25, -0.2) is 0 Å². The fourth-order valence-corrected chi connectivity index (χ4v) is 1.89. The van der Waals surface area contributed by atoms with Gasteiger partial charge >= 0.3 is 103 Å². The van der Waals surface area contributed by atoms with Crippen molar-refractivity contribution < 1.29 is 134 Å². The molecule has 0 spiro atoms. The fraction of sp³-hybridized carbons (Fsp3) is 0.190. The van der Waals surface area contributed by atoms with Gasteiger partial charge < -0.3 is 16.7 Å². The van der Waals surface area contributed by atoms with Crippen LogP contribution in [0.4, 0.5) is 0 Å². The van der Waals surface area contributed by atoms with E-state index in [-0.39, 0.29) is 111 Å². The molecular formula is C21H24K2N2O6Si. The van der Waals surface area contributed by atoms with Crippen LogP contribution in [0.25, 0.3) is 0 Å². The molecule has 0 saturated carbocycles. The average Bonchev–Trinajstić information content (AvgIpc) is 2.79. The number of nitrogens with zero attached hydrogens (tertiary/aromatic N) is 2. The normalized spacial score (nSPS) is 7.91. The Hall–Kier alpha value is -0.360. The molecule has 0 aromatic carbocycles. The number of terminal acetylenes is 1. The Balaban J connectivity index is -0.000000122. The third-order valence-electron chi connectivity index (χ3n) is 2.60. The Morgan fingerprint density at radius 2 is 1.38 bits per heavy atom. The Morgan fingerprint density at radius 3 is 1.62 bits per heavy atom. The van der Waals surface area contributed by atoms with Gasteiger partial charge in [-0.05, 0) is 24.3 Å². The minimum atomic E-state index is -1.32. The second-order valence-corrected chi connectivity index (χ2v) is 10.8. The molecule has 8 nitrogen and oxygen atoms in total. The van der Waals surface area contributed by atoms with E-state index in [0.29, 0.717) is 23.2 Å². The van der Waals surface area contributed by atoms with Gasteiger partial charge in [-0.2, -0.15) is 0 Å². The zero-order chi connectivity index (χ0) is 23.4. The van der Waals surface area contributed by atoms with E-state index in [1.54, 1.807) is 24.4 Å². The smallest absolute Gasteiger partial charge is 1.00 e. The number of aldehydes is 2. The number of hydrogen-bond acceptors (Lipinski definition) is 8. The van der Waals surface area contributed by atoms with Gasteiger partial charge in [-0.3, -0.25) is 24.4 Å². The van der Waals surface area contributed by atoms with Gasteiger partial charge in [0.2, 0.25) is 0 Å². The minimum absolute atomic E-state index is 0. The van der Waals surface area contributed by atoms with Crippen LogP contribution in [0, 0.1) is 23.8 Å². The van der Waals surface area contributed by atoms with Crippen molar-refractivity contribution in [1.82, 2.24) is 9.97 Å². The average molecular weight is 507 g/mol. The molecule has 2 heterocycles. The molecule has 1 N–H and O–H groups in total. The molecule has 2 aromatic rings. The molecule has 0 aliphatic heterocycles. The van der Waals surface area contributed by atoms with Crippen LogP contribution in [-0.2, 0) is 9.68 Å². The van der Waals surface area contributed by atoms with E-state index < -0.39 is 8.07 Å². The maximum Gasteiger partial charge on any atom is 1.00 e. The fourth-order valence-electron chi connectivity index (χ4n) is 1.37. The Bertz CT molecular complexity index is 875. The summed E-state index contributed by atoms with van der Waals surface area (Å²) in [5.41, 5.74) is 5.64. The number of rotatable bonds is 3. The summed E-state index contributed by atoms with van der Waals surface area (Å²) in [4.78, 5) is 39.4. The van der Waals surface area contributed by atoms with Crippen molar-refractivity contribution in [1.29, 1.82) is 0 Å². The second kappa shape index (κ2) is 25.3. The maximum atomic E-state index is 10.3. The molecule has 0 radical (unpaired) electrons. The Morgan fingerprint density at radius 1 is 0.969 bits per heavy atom. The van der Waals surface area contributed by atoms with Gasteiger partial charge in [0.15, 0.2) is 12.6 Å². The van der Waals surface area contributed by atoms with E-state index in [4.69, 9.17) is 21.6 Å². The van der Waals surface area contributed by atoms with Gasteiger partial charge in [0.1, 0.15) is 19.5 Å². The van der Waals surface area contributed by atoms with Crippen LogP contribution >= 0.6 is 0 Å². The van der Waals surface area contributed by atoms with E-state index in [0.717, 1.165) is 19.0 Å². The summed E-state index contributed by atoms with van der Waals surface area (Å²) in [6.07, 6.45) is 9.60. The molecule has 0 bridgehead atoms. The molecule has 0 fully saturated rings. The molecule has 0 saturated heterocycles. The van der Waals surface area contributed by atoms with E-state index in [1.807, 2.05) is 6.07 Å². The number of pyridine rings is 2. The number of carbonyl (C=O) groups is 3. The summed E-state index contributed by atoms with van der Waals surface area (Å²) in [5, 5.41) is 15.4. The SMILES string of the molecule is C#Cc1ccc(C=O)nc1.CO.C[Si](C)(C)C#Cc1ccc(C=O)nc1.O=CO[O-].[H-].[K+].[K+]. The molecule has 32 heavy (non-hydrogen) atoms. The van der Waals surface area contributed by atoms with Crippen LogP contribution in [0.2, 0.25) is 19.6 Å². The topological polar surface area (TPSA) is 130 Å². The molecule has 11 heteroatoms. The van der Waals surface area contributed by atoms with E-state index in [9.17, 15) is 9.59 Å². The number of carbonyl (C=O) groups excluding carboxylic acids is 3. The maximum absolute atomic E-state index is 10.3. The van der Waals surface area contributed by atoms with Crippen molar-refractivity contribution in [2.45, 2.75) is 19.6 Å². The van der Waals surface area contributed by atoms with E-state index >= 15 is 0 Å². The minimum Gasteiger partial charge on any atom is -1.00 e. The predicted octanol–water partition coefficient (Wildman–Crippen LogP) is -4.84. The van der Waals surface area contributed by atoms with Crippen molar-refractivity contribution in [2.24, 2.45) is 0 Å². The number of aliphatic hydroxyl groups is 1. The van der Waals surface area contributed by atoms with Gasteiger partial charge in [0.05, 0.1) is 0 Å². The van der Waals surface area contributed by atoms with Gasteiger partial charge in [0, 0.05) is 30.6 Å². The summed E-state index contributed by atoms with van der Waals surface area (Å²) in [6, 6.07) is 6.77. The summed E-state index contributed by atoms with van der Waals surface area (Å²) < 4.78 is 0. The van der Waals surface area contributed by atoms with Gasteiger partial charge in [0.25, 0.3) is 6.47 Å². The number of aromatic nitrogens is 2. The van der Waals surface area contributed by atoms with Crippen LogP contribution in [0.1, 0.15) is 33.5 Å². The van der Waals surface area contributed by atoms with Crippen LogP contribution in [0.3, 0.4) is 0 Å². The monoisotopic (exact) mass is 506 g/mol. The largest absolute Gasteiger partial charge is 1.00 e. The number of aliphatic hydroxyl groups excluding tert-OH is 1. The first-order chi connectivity index (χ1) is 14.3. The Kier molecular flexibility index (Phi) is 30.7. The first kappa shape index (κ1) is 38.9. The van der Waals surface area contributed by atoms with Crippen LogP contribution in [0.5, 0.6) is 0 Å². The number of hydrogen-bond donors (Lipinski definition) is 1.